The summed E-state index contributed by atoms with van der Waals surface area (Å²) in [7, 11) is 0. The number of aryl methyl sites for hydroxylation is 1. The van der Waals surface area contributed by atoms with Gasteiger partial charge in [0.2, 0.25) is 0 Å². The number of aromatic nitrogens is 3. The minimum atomic E-state index is 0. The highest BCUT2D eigenvalue weighted by Gasteiger charge is 2.14. The molecule has 1 aliphatic heterocycles. The van der Waals surface area contributed by atoms with Crippen molar-refractivity contribution in [1.82, 2.24) is 25.4 Å². The van der Waals surface area contributed by atoms with Crippen LogP contribution >= 0.6 is 24.0 Å². The Morgan fingerprint density at radius 3 is 2.77 bits per heavy atom. The van der Waals surface area contributed by atoms with Crippen LogP contribution in [0.4, 0.5) is 0 Å². The quantitative estimate of drug-likeness (QED) is 0.436. The van der Waals surface area contributed by atoms with Crippen molar-refractivity contribution in [3.05, 3.63) is 11.6 Å². The van der Waals surface area contributed by atoms with E-state index in [1.807, 2.05) is 0 Å². The Morgan fingerprint density at radius 1 is 1.23 bits per heavy atom. The summed E-state index contributed by atoms with van der Waals surface area (Å²) in [6, 6.07) is 0. The van der Waals surface area contributed by atoms with Crippen molar-refractivity contribution in [1.29, 1.82) is 0 Å². The number of rotatable bonds is 5. The Morgan fingerprint density at radius 2 is 2.05 bits per heavy atom. The molecule has 6 nitrogen and oxygen atoms in total. The normalized spacial score (nSPS) is 15.0. The van der Waals surface area contributed by atoms with Gasteiger partial charge in [-0.3, -0.25) is 0 Å². The molecular weight excluding hydrogens is 391 g/mol. The molecule has 0 saturated carbocycles. The van der Waals surface area contributed by atoms with E-state index in [9.17, 15) is 0 Å². The van der Waals surface area contributed by atoms with Crippen LogP contribution in [0, 0.1) is 5.92 Å². The molecule has 22 heavy (non-hydrogen) atoms. The van der Waals surface area contributed by atoms with Gasteiger partial charge in [-0.1, -0.05) is 20.3 Å². The van der Waals surface area contributed by atoms with Crippen LogP contribution in [-0.2, 0) is 19.5 Å². The fourth-order valence-corrected chi connectivity index (χ4v) is 2.45. The Kier molecular flexibility index (Phi) is 8.74. The average molecular weight is 420 g/mol. The van der Waals surface area contributed by atoms with Gasteiger partial charge >= 0.3 is 0 Å². The van der Waals surface area contributed by atoms with E-state index in [4.69, 9.17) is 0 Å². The van der Waals surface area contributed by atoms with Gasteiger partial charge in [-0.25, -0.2) is 4.99 Å². The highest BCUT2D eigenvalue weighted by atomic mass is 127. The van der Waals surface area contributed by atoms with Crippen molar-refractivity contribution in [2.75, 3.05) is 13.1 Å². The van der Waals surface area contributed by atoms with Gasteiger partial charge in [0, 0.05) is 26.1 Å². The maximum Gasteiger partial charge on any atom is 0.191 e. The van der Waals surface area contributed by atoms with Crippen LogP contribution in [0.2, 0.25) is 0 Å². The largest absolute Gasteiger partial charge is 0.357 e. The molecule has 0 bridgehead atoms. The molecule has 1 aliphatic rings. The van der Waals surface area contributed by atoms with Crippen molar-refractivity contribution >= 4 is 29.9 Å². The van der Waals surface area contributed by atoms with Gasteiger partial charge in [0.1, 0.15) is 12.4 Å². The van der Waals surface area contributed by atoms with Crippen molar-refractivity contribution in [2.45, 2.75) is 59.5 Å². The first-order chi connectivity index (χ1) is 10.2. The van der Waals surface area contributed by atoms with Crippen LogP contribution in [0.15, 0.2) is 4.99 Å². The number of aliphatic imine (C=N–C) groups is 1. The summed E-state index contributed by atoms with van der Waals surface area (Å²) < 4.78 is 2.25. The van der Waals surface area contributed by atoms with Gasteiger partial charge in [-0.2, -0.15) is 0 Å². The molecule has 0 aliphatic carbocycles. The lowest BCUT2D eigenvalue weighted by atomic mass is 10.2. The van der Waals surface area contributed by atoms with Gasteiger partial charge in [0.05, 0.1) is 0 Å². The molecular formula is C15H29IN6. The fraction of sp³-hybridized carbons (Fsp3) is 0.800. The summed E-state index contributed by atoms with van der Waals surface area (Å²) in [5.74, 6) is 3.56. The Balaban J connectivity index is 0.00000242. The lowest BCUT2D eigenvalue weighted by Gasteiger charge is -2.13. The van der Waals surface area contributed by atoms with Crippen LogP contribution < -0.4 is 10.6 Å². The summed E-state index contributed by atoms with van der Waals surface area (Å²) in [6.07, 6.45) is 4.76. The predicted molar refractivity (Wildman–Crippen MR) is 101 cm³/mol. The monoisotopic (exact) mass is 420 g/mol. The second-order valence-corrected chi connectivity index (χ2v) is 5.96. The molecule has 0 spiro atoms. The van der Waals surface area contributed by atoms with E-state index in [0.29, 0.717) is 12.5 Å². The maximum absolute atomic E-state index is 4.64. The number of guanidine groups is 1. The third-order valence-electron chi connectivity index (χ3n) is 3.59. The maximum atomic E-state index is 4.64. The Labute approximate surface area is 150 Å². The topological polar surface area (TPSA) is 67.1 Å². The molecule has 2 N–H and O–H groups in total. The molecule has 2 rings (SSSR count). The molecule has 7 heteroatoms. The first kappa shape index (κ1) is 19.2. The number of halogens is 1. The molecule has 0 fully saturated rings. The average Bonchev–Trinajstić information content (AvgIpc) is 2.69. The predicted octanol–water partition coefficient (Wildman–Crippen LogP) is 2.33. The van der Waals surface area contributed by atoms with E-state index in [-0.39, 0.29) is 24.0 Å². The molecule has 0 radical (unpaired) electrons. The second kappa shape index (κ2) is 10.0. The summed E-state index contributed by atoms with van der Waals surface area (Å²) >= 11 is 0. The minimum Gasteiger partial charge on any atom is -0.357 e. The molecule has 0 saturated heterocycles. The van der Waals surface area contributed by atoms with Gasteiger partial charge < -0.3 is 15.2 Å². The number of nitrogens with one attached hydrogen (secondary N) is 2. The van der Waals surface area contributed by atoms with E-state index in [1.54, 1.807) is 0 Å². The molecule has 1 aromatic rings. The van der Waals surface area contributed by atoms with E-state index in [0.717, 1.165) is 43.7 Å². The first-order valence-electron chi connectivity index (χ1n) is 8.13. The Hall–Kier alpha value is -0.860. The minimum absolute atomic E-state index is 0. The molecule has 0 amide bonds. The third kappa shape index (κ3) is 5.73. The summed E-state index contributed by atoms with van der Waals surface area (Å²) in [5, 5.41) is 15.3. The van der Waals surface area contributed by atoms with Crippen molar-refractivity contribution in [3.8, 4) is 0 Å². The molecule has 0 unspecified atom stereocenters. The Bertz CT molecular complexity index is 469. The first-order valence-corrected chi connectivity index (χ1v) is 8.13. The number of hydrogen-bond donors (Lipinski definition) is 2. The van der Waals surface area contributed by atoms with E-state index in [1.165, 1.54) is 19.3 Å². The summed E-state index contributed by atoms with van der Waals surface area (Å²) in [6.45, 7) is 9.86. The summed E-state index contributed by atoms with van der Waals surface area (Å²) in [5.41, 5.74) is 0. The fourth-order valence-electron chi connectivity index (χ4n) is 2.45. The zero-order valence-electron chi connectivity index (χ0n) is 13.9. The number of fused-ring (bicyclic) bond motifs is 1. The van der Waals surface area contributed by atoms with Gasteiger partial charge in [0.15, 0.2) is 11.8 Å². The molecule has 2 heterocycles. The van der Waals surface area contributed by atoms with Gasteiger partial charge in [-0.15, -0.1) is 34.2 Å². The van der Waals surface area contributed by atoms with E-state index in [2.05, 4.69) is 51.2 Å². The van der Waals surface area contributed by atoms with Crippen LogP contribution in [0.5, 0.6) is 0 Å². The van der Waals surface area contributed by atoms with Gasteiger partial charge in [0.25, 0.3) is 0 Å². The molecule has 0 atom stereocenters. The lowest BCUT2D eigenvalue weighted by Crippen LogP contribution is -2.39. The van der Waals surface area contributed by atoms with E-state index < -0.39 is 0 Å². The van der Waals surface area contributed by atoms with Gasteiger partial charge in [-0.05, 0) is 25.7 Å². The van der Waals surface area contributed by atoms with Crippen LogP contribution in [0.25, 0.3) is 0 Å². The highest BCUT2D eigenvalue weighted by Crippen LogP contribution is 2.14. The van der Waals surface area contributed by atoms with Crippen LogP contribution in [0.1, 0.15) is 51.7 Å². The molecule has 126 valence electrons. The van der Waals surface area contributed by atoms with Crippen molar-refractivity contribution in [3.63, 3.8) is 0 Å². The second-order valence-electron chi connectivity index (χ2n) is 5.96. The third-order valence-corrected chi connectivity index (χ3v) is 3.59. The van der Waals surface area contributed by atoms with E-state index >= 15 is 0 Å². The molecule has 1 aromatic heterocycles. The standard InChI is InChI=1S/C15H28N6.HI/c1-4-16-15(17-10-12(2)3)18-11-14-20-19-13-8-6-5-7-9-21(13)14;/h12H,4-11H2,1-3H3,(H2,16,17,18);1H. The smallest absolute Gasteiger partial charge is 0.191 e. The SMILES string of the molecule is CCNC(=NCc1nnc2n1CCCCC2)NCC(C)C.I. The zero-order valence-corrected chi connectivity index (χ0v) is 16.3. The van der Waals surface area contributed by atoms with Crippen LogP contribution in [0.3, 0.4) is 0 Å². The van der Waals surface area contributed by atoms with Crippen molar-refractivity contribution in [2.24, 2.45) is 10.9 Å². The number of hydrogen-bond acceptors (Lipinski definition) is 3. The summed E-state index contributed by atoms with van der Waals surface area (Å²) in [4.78, 5) is 4.64. The molecule has 0 aromatic carbocycles. The highest BCUT2D eigenvalue weighted by molar-refractivity contribution is 14.0. The lowest BCUT2D eigenvalue weighted by molar-refractivity contribution is 0.600. The van der Waals surface area contributed by atoms with Crippen molar-refractivity contribution < 1.29 is 0 Å². The van der Waals surface area contributed by atoms with Crippen LogP contribution in [-0.4, -0.2) is 33.8 Å². The zero-order chi connectivity index (χ0) is 15.1. The number of nitrogens with zero attached hydrogens (tertiary/aromatic N) is 4.